The molecule has 4 nitrogen and oxygen atoms in total. The summed E-state index contributed by atoms with van der Waals surface area (Å²) in [4.78, 5) is 14.0. The first-order valence-corrected chi connectivity index (χ1v) is 6.62. The van der Waals surface area contributed by atoms with Crippen LogP contribution in [0.25, 0.3) is 0 Å². The molecule has 0 aromatic heterocycles. The lowest BCUT2D eigenvalue weighted by Gasteiger charge is -2.34. The molecule has 18 heavy (non-hydrogen) atoms. The average molecular weight is 314 g/mol. The number of anilines is 1. The number of amides is 1. The molecule has 1 aliphatic rings. The lowest BCUT2D eigenvalue weighted by Crippen LogP contribution is -2.46. The van der Waals surface area contributed by atoms with Crippen LogP contribution in [0.5, 0.6) is 5.75 Å². The second-order valence-corrected chi connectivity index (χ2v) is 5.28. The van der Waals surface area contributed by atoms with E-state index in [1.54, 1.807) is 11.8 Å². The molecule has 0 unspecified atom stereocenters. The van der Waals surface area contributed by atoms with Gasteiger partial charge < -0.3 is 14.4 Å². The molecule has 1 amide bonds. The number of halogens is 1. The van der Waals surface area contributed by atoms with Crippen LogP contribution in [0.2, 0.25) is 0 Å². The van der Waals surface area contributed by atoms with Gasteiger partial charge in [-0.15, -0.1) is 0 Å². The highest BCUT2D eigenvalue weighted by molar-refractivity contribution is 9.10. The van der Waals surface area contributed by atoms with Gasteiger partial charge in [0.1, 0.15) is 18.0 Å². The van der Waals surface area contributed by atoms with E-state index >= 15 is 0 Å². The maximum Gasteiger partial charge on any atom is 0.256 e. The number of carbonyl (C=O) groups is 1. The third-order valence-electron chi connectivity index (χ3n) is 2.95. The fourth-order valence-electron chi connectivity index (χ4n) is 1.94. The van der Waals surface area contributed by atoms with Crippen molar-refractivity contribution in [3.8, 4) is 5.75 Å². The summed E-state index contributed by atoms with van der Waals surface area (Å²) < 4.78 is 11.7. The summed E-state index contributed by atoms with van der Waals surface area (Å²) in [5.41, 5.74) is 0.788. The van der Waals surface area contributed by atoms with E-state index in [2.05, 4.69) is 15.9 Å². The number of hydrogen-bond donors (Lipinski definition) is 0. The van der Waals surface area contributed by atoms with Gasteiger partial charge >= 0.3 is 0 Å². The molecular formula is C13H16BrNO3. The minimum absolute atomic E-state index is 0.0216. The number of ether oxygens (including phenoxy) is 2. The predicted octanol–water partition coefficient (Wildman–Crippen LogP) is 2.60. The van der Waals surface area contributed by atoms with Crippen LogP contribution in [-0.2, 0) is 9.53 Å². The zero-order valence-corrected chi connectivity index (χ0v) is 12.2. The Balaban J connectivity index is 2.38. The standard InChI is InChI=1S/C13H16BrNO3/c1-8-7-15(13(16)9(2)17-3)11-6-10(14)4-5-12(11)18-8/h4-6,8-9H,7H2,1-3H3/t8-,9+/m0/s1. The molecule has 2 atom stereocenters. The molecule has 0 radical (unpaired) electrons. The van der Waals surface area contributed by atoms with Crippen molar-refractivity contribution in [2.75, 3.05) is 18.6 Å². The zero-order valence-electron chi connectivity index (χ0n) is 10.6. The van der Waals surface area contributed by atoms with Gasteiger partial charge in [-0.25, -0.2) is 0 Å². The van der Waals surface area contributed by atoms with E-state index in [4.69, 9.17) is 9.47 Å². The molecule has 0 saturated carbocycles. The minimum atomic E-state index is -0.456. The molecule has 1 aromatic rings. The van der Waals surface area contributed by atoms with Crippen molar-refractivity contribution in [2.45, 2.75) is 26.1 Å². The Kier molecular flexibility index (Phi) is 3.92. The third kappa shape index (κ3) is 2.52. The SMILES string of the molecule is CO[C@H](C)C(=O)N1C[C@H](C)Oc2ccc(Br)cc21. The highest BCUT2D eigenvalue weighted by Crippen LogP contribution is 2.36. The monoisotopic (exact) mass is 313 g/mol. The molecule has 0 aliphatic carbocycles. The van der Waals surface area contributed by atoms with E-state index in [0.717, 1.165) is 15.9 Å². The van der Waals surface area contributed by atoms with Crippen LogP contribution in [0.15, 0.2) is 22.7 Å². The molecule has 0 spiro atoms. The molecule has 0 bridgehead atoms. The first kappa shape index (κ1) is 13.4. The lowest BCUT2D eigenvalue weighted by atomic mass is 10.1. The van der Waals surface area contributed by atoms with Gasteiger partial charge in [0.25, 0.3) is 5.91 Å². The van der Waals surface area contributed by atoms with Gasteiger partial charge in [0, 0.05) is 11.6 Å². The summed E-state index contributed by atoms with van der Waals surface area (Å²) in [5.74, 6) is 0.681. The first-order chi connectivity index (χ1) is 8.52. The number of carbonyl (C=O) groups excluding carboxylic acids is 1. The predicted molar refractivity (Wildman–Crippen MR) is 73.1 cm³/mol. The van der Waals surface area contributed by atoms with Gasteiger partial charge in [-0.2, -0.15) is 0 Å². The molecule has 2 rings (SSSR count). The third-order valence-corrected chi connectivity index (χ3v) is 3.44. The number of fused-ring (bicyclic) bond motifs is 1. The summed E-state index contributed by atoms with van der Waals surface area (Å²) in [6, 6.07) is 5.66. The van der Waals surface area contributed by atoms with Gasteiger partial charge in [-0.3, -0.25) is 4.79 Å². The van der Waals surface area contributed by atoms with E-state index in [1.165, 1.54) is 7.11 Å². The molecule has 5 heteroatoms. The van der Waals surface area contributed by atoms with Crippen molar-refractivity contribution in [1.29, 1.82) is 0 Å². The van der Waals surface area contributed by atoms with Crippen LogP contribution < -0.4 is 9.64 Å². The molecular weight excluding hydrogens is 298 g/mol. The van der Waals surface area contributed by atoms with Gasteiger partial charge in [0.05, 0.1) is 12.2 Å². The summed E-state index contributed by atoms with van der Waals surface area (Å²) in [7, 11) is 1.54. The molecule has 1 heterocycles. The van der Waals surface area contributed by atoms with E-state index in [9.17, 15) is 4.79 Å². The molecule has 0 fully saturated rings. The number of nitrogens with zero attached hydrogens (tertiary/aromatic N) is 1. The summed E-state index contributed by atoms with van der Waals surface area (Å²) >= 11 is 3.41. The smallest absolute Gasteiger partial charge is 0.256 e. The molecule has 1 aromatic carbocycles. The van der Waals surface area contributed by atoms with E-state index in [-0.39, 0.29) is 12.0 Å². The van der Waals surface area contributed by atoms with Gasteiger partial charge in [0.2, 0.25) is 0 Å². The van der Waals surface area contributed by atoms with Gasteiger partial charge in [0.15, 0.2) is 0 Å². The summed E-state index contributed by atoms with van der Waals surface area (Å²) in [5, 5.41) is 0. The molecule has 0 N–H and O–H groups in total. The van der Waals surface area contributed by atoms with Crippen LogP contribution in [0.3, 0.4) is 0 Å². The maximum absolute atomic E-state index is 12.3. The van der Waals surface area contributed by atoms with Crippen molar-refractivity contribution in [2.24, 2.45) is 0 Å². The largest absolute Gasteiger partial charge is 0.487 e. The quantitative estimate of drug-likeness (QED) is 0.842. The number of hydrogen-bond acceptors (Lipinski definition) is 3. The lowest BCUT2D eigenvalue weighted by molar-refractivity contribution is -0.127. The number of benzene rings is 1. The van der Waals surface area contributed by atoms with Crippen molar-refractivity contribution in [3.05, 3.63) is 22.7 Å². The van der Waals surface area contributed by atoms with Crippen LogP contribution in [0, 0.1) is 0 Å². The minimum Gasteiger partial charge on any atom is -0.487 e. The maximum atomic E-state index is 12.3. The van der Waals surface area contributed by atoms with Crippen LogP contribution >= 0.6 is 15.9 Å². The van der Waals surface area contributed by atoms with Crippen molar-refractivity contribution in [1.82, 2.24) is 0 Å². The topological polar surface area (TPSA) is 38.8 Å². The van der Waals surface area contributed by atoms with E-state index in [0.29, 0.717) is 6.54 Å². The van der Waals surface area contributed by atoms with Crippen LogP contribution in [-0.4, -0.2) is 31.8 Å². The average Bonchev–Trinajstić information content (AvgIpc) is 2.36. The van der Waals surface area contributed by atoms with E-state index in [1.807, 2.05) is 25.1 Å². The Hall–Kier alpha value is -1.07. The number of rotatable bonds is 2. The van der Waals surface area contributed by atoms with Crippen molar-refractivity contribution >= 4 is 27.5 Å². The highest BCUT2D eigenvalue weighted by Gasteiger charge is 2.30. The normalized spacial score (nSPS) is 20.0. The van der Waals surface area contributed by atoms with Gasteiger partial charge in [-0.1, -0.05) is 15.9 Å². The molecule has 1 aliphatic heterocycles. The second-order valence-electron chi connectivity index (χ2n) is 4.37. The van der Waals surface area contributed by atoms with Crippen LogP contribution in [0.4, 0.5) is 5.69 Å². The highest BCUT2D eigenvalue weighted by atomic mass is 79.9. The second kappa shape index (κ2) is 5.28. The van der Waals surface area contributed by atoms with Crippen molar-refractivity contribution < 1.29 is 14.3 Å². The Morgan fingerprint density at radius 2 is 2.33 bits per heavy atom. The van der Waals surface area contributed by atoms with Crippen LogP contribution in [0.1, 0.15) is 13.8 Å². The Morgan fingerprint density at radius 1 is 1.61 bits per heavy atom. The molecule has 98 valence electrons. The van der Waals surface area contributed by atoms with E-state index < -0.39 is 6.10 Å². The Labute approximate surface area is 115 Å². The van der Waals surface area contributed by atoms with Crippen molar-refractivity contribution in [3.63, 3.8) is 0 Å². The first-order valence-electron chi connectivity index (χ1n) is 5.83. The molecule has 0 saturated heterocycles. The van der Waals surface area contributed by atoms with Gasteiger partial charge in [-0.05, 0) is 32.0 Å². The fraction of sp³-hybridized carbons (Fsp3) is 0.462. The summed E-state index contributed by atoms with van der Waals surface area (Å²) in [6.45, 7) is 4.23. The Morgan fingerprint density at radius 3 is 3.00 bits per heavy atom. The number of methoxy groups -OCH3 is 1. The summed E-state index contributed by atoms with van der Waals surface area (Å²) in [6.07, 6.45) is -0.478. The zero-order chi connectivity index (χ0) is 13.3. The fourth-order valence-corrected chi connectivity index (χ4v) is 2.29. The Bertz CT molecular complexity index is 464.